The molecule has 0 unspecified atom stereocenters. The molecular formula is C28H38F2N6O9SSi. The maximum Gasteiger partial charge on any atom is 0.362 e. The number of alkyl halides is 2. The van der Waals surface area contributed by atoms with E-state index < -0.39 is 86.1 Å². The molecule has 1 saturated heterocycles. The SMILES string of the molecule is CC(C)(C)[Si](C)(C)O[C@@H]1[C@H](O)[C@@H](COS(=O)(=O)NC(=O)CC[C@@]2(O)c3ccccc3[C@@H](O)C2(F)F)O[C@H]1n1cnc2c(N)ncnc21. The molecule has 1 amide bonds. The summed E-state index contributed by atoms with van der Waals surface area (Å²) in [5, 5.41) is 32.0. The second kappa shape index (κ2) is 12.1. The molecule has 3 heterocycles. The standard InChI is InChI=1S/C28H38F2N6O9SSi/c1-26(2,3)47(4,5)45-21-20(38)17(44-25(21)36-14-34-19-23(31)32-13-33-24(19)36)12-43-46(41,42)35-18(37)10-11-27(40)16-9-7-6-8-15(16)22(39)28(27,29)30/h6-9,13-14,17,20-22,25,38-40H,10-12H2,1-5H3,(H,35,37)(H2,31,32,33)/t17-,20-,21-,22-,25-,27-/m1/s1. The van der Waals surface area contributed by atoms with E-state index in [4.69, 9.17) is 19.1 Å². The fraction of sp³-hybridized carbons (Fsp3) is 0.571. The number of carbonyl (C=O) groups is 1. The average Bonchev–Trinajstić information content (AvgIpc) is 3.58. The van der Waals surface area contributed by atoms with Crippen molar-refractivity contribution in [3.8, 4) is 0 Å². The number of nitrogens with zero attached hydrogens (tertiary/aromatic N) is 4. The molecule has 6 atom stereocenters. The van der Waals surface area contributed by atoms with Gasteiger partial charge in [-0.15, -0.1) is 0 Å². The van der Waals surface area contributed by atoms with Gasteiger partial charge in [-0.05, 0) is 35.7 Å². The van der Waals surface area contributed by atoms with Gasteiger partial charge in [-0.1, -0.05) is 45.0 Å². The largest absolute Gasteiger partial charge is 0.407 e. The Morgan fingerprint density at radius 3 is 2.55 bits per heavy atom. The number of hydrogen-bond acceptors (Lipinski definition) is 13. The molecule has 2 aromatic heterocycles. The highest BCUT2D eigenvalue weighted by atomic mass is 32.2. The number of benzene rings is 1. The molecule has 6 N–H and O–H groups in total. The van der Waals surface area contributed by atoms with Gasteiger partial charge in [0.25, 0.3) is 0 Å². The number of carbonyl (C=O) groups excluding carboxylic acids is 1. The van der Waals surface area contributed by atoms with Crippen LogP contribution in [0.2, 0.25) is 18.1 Å². The third-order valence-corrected chi connectivity index (χ3v) is 14.5. The zero-order chi connectivity index (χ0) is 34.7. The van der Waals surface area contributed by atoms with Gasteiger partial charge in [0.1, 0.15) is 36.3 Å². The number of rotatable bonds is 10. The summed E-state index contributed by atoms with van der Waals surface area (Å²) in [6.07, 6.45) is -6.23. The first kappa shape index (κ1) is 35.1. The van der Waals surface area contributed by atoms with Crippen molar-refractivity contribution in [2.24, 2.45) is 0 Å². The van der Waals surface area contributed by atoms with E-state index in [-0.39, 0.29) is 33.1 Å². The van der Waals surface area contributed by atoms with E-state index in [1.807, 2.05) is 33.9 Å². The van der Waals surface area contributed by atoms with Gasteiger partial charge in [0.05, 0.1) is 12.9 Å². The van der Waals surface area contributed by atoms with Crippen LogP contribution in [0, 0.1) is 0 Å². The molecule has 47 heavy (non-hydrogen) atoms. The van der Waals surface area contributed by atoms with Crippen molar-refractivity contribution >= 4 is 41.5 Å². The number of nitrogens with one attached hydrogen (secondary N) is 1. The zero-order valence-electron chi connectivity index (χ0n) is 26.3. The van der Waals surface area contributed by atoms with Crippen LogP contribution in [0.25, 0.3) is 11.2 Å². The Hall–Kier alpha value is -3.17. The summed E-state index contributed by atoms with van der Waals surface area (Å²) < 4.78 is 75.9. The predicted octanol–water partition coefficient (Wildman–Crippen LogP) is 1.79. The lowest BCUT2D eigenvalue weighted by molar-refractivity contribution is -0.226. The number of halogens is 2. The van der Waals surface area contributed by atoms with E-state index in [1.54, 1.807) is 4.72 Å². The van der Waals surface area contributed by atoms with Crippen LogP contribution in [0.5, 0.6) is 0 Å². The van der Waals surface area contributed by atoms with Crippen molar-refractivity contribution in [1.82, 2.24) is 24.2 Å². The molecule has 0 saturated carbocycles. The van der Waals surface area contributed by atoms with Gasteiger partial charge in [-0.3, -0.25) is 13.5 Å². The van der Waals surface area contributed by atoms with Crippen LogP contribution in [0.15, 0.2) is 36.9 Å². The maximum atomic E-state index is 14.9. The molecule has 0 radical (unpaired) electrons. The molecule has 0 bridgehead atoms. The second-order valence-electron chi connectivity index (χ2n) is 13.2. The van der Waals surface area contributed by atoms with E-state index in [0.717, 1.165) is 0 Å². The fourth-order valence-electron chi connectivity index (χ4n) is 5.47. The van der Waals surface area contributed by atoms with Gasteiger partial charge in [0.15, 0.2) is 31.6 Å². The van der Waals surface area contributed by atoms with Gasteiger partial charge in [0, 0.05) is 6.42 Å². The predicted molar refractivity (Wildman–Crippen MR) is 164 cm³/mol. The molecule has 15 nitrogen and oxygen atoms in total. The van der Waals surface area contributed by atoms with Crippen LogP contribution < -0.4 is 10.5 Å². The number of ether oxygens (including phenoxy) is 1. The molecule has 258 valence electrons. The van der Waals surface area contributed by atoms with Gasteiger partial charge in [-0.2, -0.15) is 17.2 Å². The average molecular weight is 701 g/mol. The van der Waals surface area contributed by atoms with Crippen LogP contribution in [0.4, 0.5) is 14.6 Å². The zero-order valence-corrected chi connectivity index (χ0v) is 28.1. The number of aliphatic hydroxyl groups excluding tert-OH is 2. The Labute approximate surface area is 270 Å². The van der Waals surface area contributed by atoms with Gasteiger partial charge >= 0.3 is 16.2 Å². The van der Waals surface area contributed by atoms with Crippen LogP contribution in [0.3, 0.4) is 0 Å². The quantitative estimate of drug-likeness (QED) is 0.191. The number of hydrogen-bond donors (Lipinski definition) is 5. The molecule has 0 spiro atoms. The molecular weight excluding hydrogens is 662 g/mol. The van der Waals surface area contributed by atoms with Crippen molar-refractivity contribution in [3.05, 3.63) is 48.0 Å². The fourth-order valence-corrected chi connectivity index (χ4v) is 7.51. The number of nitrogen functional groups attached to an aromatic ring is 1. The lowest BCUT2D eigenvalue weighted by Gasteiger charge is -2.40. The van der Waals surface area contributed by atoms with Crippen LogP contribution in [-0.2, 0) is 34.0 Å². The monoisotopic (exact) mass is 700 g/mol. The van der Waals surface area contributed by atoms with Crippen LogP contribution in [-0.4, -0.2) is 88.3 Å². The van der Waals surface area contributed by atoms with Crippen molar-refractivity contribution in [2.45, 2.75) is 93.9 Å². The third kappa shape index (κ3) is 6.26. The van der Waals surface area contributed by atoms with Crippen LogP contribution >= 0.6 is 0 Å². The lowest BCUT2D eigenvalue weighted by atomic mass is 9.88. The summed E-state index contributed by atoms with van der Waals surface area (Å²) in [6.45, 7) is 9.16. The first-order valence-electron chi connectivity index (χ1n) is 14.7. The molecule has 1 aromatic carbocycles. The molecule has 3 aromatic rings. The number of fused-ring (bicyclic) bond motifs is 2. The Morgan fingerprint density at radius 2 is 1.87 bits per heavy atom. The Balaban J connectivity index is 1.28. The van der Waals surface area contributed by atoms with Crippen molar-refractivity contribution in [3.63, 3.8) is 0 Å². The summed E-state index contributed by atoms with van der Waals surface area (Å²) >= 11 is 0. The van der Waals surface area contributed by atoms with Crippen molar-refractivity contribution in [1.29, 1.82) is 0 Å². The van der Waals surface area contributed by atoms with Gasteiger partial charge in [0.2, 0.25) is 5.91 Å². The number of aromatic nitrogens is 4. The summed E-state index contributed by atoms with van der Waals surface area (Å²) in [6, 6.07) is 5.24. The first-order valence-corrected chi connectivity index (χ1v) is 19.0. The normalized spacial score (nSPS) is 27.7. The summed E-state index contributed by atoms with van der Waals surface area (Å²) in [7, 11) is -7.40. The Kier molecular flexibility index (Phi) is 9.02. The summed E-state index contributed by atoms with van der Waals surface area (Å²) in [4.78, 5) is 24.9. The number of aliphatic hydroxyl groups is 3. The van der Waals surface area contributed by atoms with E-state index in [9.17, 15) is 37.3 Å². The summed E-state index contributed by atoms with van der Waals surface area (Å²) in [5.74, 6) is -5.18. The molecule has 1 aliphatic heterocycles. The van der Waals surface area contributed by atoms with Gasteiger partial charge < -0.3 is 30.2 Å². The molecule has 1 fully saturated rings. The topological polar surface area (TPSA) is 221 Å². The van der Waals surface area contributed by atoms with Crippen LogP contribution in [0.1, 0.15) is 57.1 Å². The number of nitrogens with two attached hydrogens (primary N) is 1. The highest BCUT2D eigenvalue weighted by Crippen LogP contribution is 2.56. The van der Waals surface area contributed by atoms with E-state index in [1.165, 1.54) is 41.5 Å². The van der Waals surface area contributed by atoms with E-state index in [2.05, 4.69) is 15.0 Å². The summed E-state index contributed by atoms with van der Waals surface area (Å²) in [5.41, 5.74) is 3.11. The third-order valence-electron chi connectivity index (χ3n) is 9.15. The lowest BCUT2D eigenvalue weighted by Crippen LogP contribution is -2.49. The Morgan fingerprint density at radius 1 is 1.19 bits per heavy atom. The molecule has 19 heteroatoms. The Bertz CT molecular complexity index is 1770. The smallest absolute Gasteiger partial charge is 0.362 e. The highest BCUT2D eigenvalue weighted by Gasteiger charge is 2.64. The van der Waals surface area contributed by atoms with Crippen molar-refractivity contribution in [2.75, 3.05) is 12.3 Å². The molecule has 2 aliphatic rings. The minimum Gasteiger partial charge on any atom is -0.407 e. The minimum absolute atomic E-state index is 0.111. The highest BCUT2D eigenvalue weighted by molar-refractivity contribution is 7.85. The van der Waals surface area contributed by atoms with Crippen molar-refractivity contribution < 1.29 is 50.7 Å². The molecule has 5 rings (SSSR count). The number of amides is 1. The minimum atomic E-state index is -4.84. The van der Waals surface area contributed by atoms with Gasteiger partial charge in [-0.25, -0.2) is 19.7 Å². The maximum absolute atomic E-state index is 14.9. The number of imidazole rings is 1. The van der Waals surface area contributed by atoms with E-state index in [0.29, 0.717) is 0 Å². The number of anilines is 1. The molecule has 1 aliphatic carbocycles. The first-order chi connectivity index (χ1) is 21.7. The van der Waals surface area contributed by atoms with E-state index >= 15 is 0 Å². The second-order valence-corrected chi connectivity index (χ2v) is 19.3.